The van der Waals surface area contributed by atoms with Gasteiger partial charge in [-0.25, -0.2) is 0 Å². The molecule has 2 aromatic carbocycles. The van der Waals surface area contributed by atoms with Gasteiger partial charge in [-0.15, -0.1) is 0 Å². The highest BCUT2D eigenvalue weighted by Gasteiger charge is 2.48. The van der Waals surface area contributed by atoms with Crippen molar-refractivity contribution in [3.63, 3.8) is 0 Å². The van der Waals surface area contributed by atoms with E-state index in [1.165, 1.54) is 25.8 Å². The molecule has 2 aliphatic rings. The smallest absolute Gasteiger partial charge is 0.178 e. The molecule has 0 bridgehead atoms. The van der Waals surface area contributed by atoms with E-state index in [9.17, 15) is 4.79 Å². The van der Waals surface area contributed by atoms with Crippen molar-refractivity contribution in [1.29, 1.82) is 0 Å². The third kappa shape index (κ3) is 1.95. The molecular formula is C22H17IO. The summed E-state index contributed by atoms with van der Waals surface area (Å²) >= 11 is 2.47. The van der Waals surface area contributed by atoms with Crippen molar-refractivity contribution in [1.82, 2.24) is 0 Å². The first-order valence-corrected chi connectivity index (χ1v) is 9.11. The van der Waals surface area contributed by atoms with Crippen LogP contribution in [0, 0.1) is 0 Å². The second-order valence-electron chi connectivity index (χ2n) is 6.41. The van der Waals surface area contributed by atoms with Crippen LogP contribution in [0.5, 0.6) is 0 Å². The number of fused-ring (bicyclic) bond motifs is 2. The Labute approximate surface area is 155 Å². The largest absolute Gasteiger partial charge is 0.290 e. The third-order valence-corrected chi connectivity index (χ3v) is 6.25. The Morgan fingerprint density at radius 2 is 1.42 bits per heavy atom. The Balaban J connectivity index is 2.13. The molecule has 24 heavy (non-hydrogen) atoms. The van der Waals surface area contributed by atoms with Crippen LogP contribution in [-0.4, -0.2) is 5.78 Å². The van der Waals surface area contributed by atoms with Gasteiger partial charge in [-0.1, -0.05) is 65.7 Å². The third-order valence-electron chi connectivity index (χ3n) is 5.13. The van der Waals surface area contributed by atoms with E-state index in [-0.39, 0.29) is 11.2 Å². The number of ketones is 1. The molecule has 0 saturated carbocycles. The number of carbonyl (C=O) groups excluding carboxylic acids is 1. The molecule has 2 aromatic rings. The lowest BCUT2D eigenvalue weighted by Crippen LogP contribution is -2.32. The van der Waals surface area contributed by atoms with Gasteiger partial charge in [0.15, 0.2) is 5.78 Å². The van der Waals surface area contributed by atoms with Crippen LogP contribution in [0.15, 0.2) is 77.9 Å². The summed E-state index contributed by atoms with van der Waals surface area (Å²) in [4.78, 5) is 12.1. The fourth-order valence-electron chi connectivity index (χ4n) is 4.20. The molecule has 2 aliphatic carbocycles. The van der Waals surface area contributed by atoms with Gasteiger partial charge in [0.2, 0.25) is 0 Å². The van der Waals surface area contributed by atoms with E-state index in [0.717, 1.165) is 11.1 Å². The van der Waals surface area contributed by atoms with E-state index in [1.54, 1.807) is 12.2 Å². The summed E-state index contributed by atoms with van der Waals surface area (Å²) in [5.41, 5.74) is 6.93. The van der Waals surface area contributed by atoms with E-state index in [0.29, 0.717) is 0 Å². The lowest BCUT2D eigenvalue weighted by atomic mass is 9.63. The highest BCUT2D eigenvalue weighted by molar-refractivity contribution is 14.1. The zero-order valence-electron chi connectivity index (χ0n) is 13.6. The van der Waals surface area contributed by atoms with Gasteiger partial charge in [-0.2, -0.15) is 0 Å². The normalized spacial score (nSPS) is 18.5. The molecular weight excluding hydrogens is 407 g/mol. The fourth-order valence-corrected chi connectivity index (χ4v) is 5.38. The molecule has 0 unspecified atom stereocenters. The summed E-state index contributed by atoms with van der Waals surface area (Å²) < 4.78 is 1.27. The second kappa shape index (κ2) is 5.55. The van der Waals surface area contributed by atoms with Crippen LogP contribution in [0.3, 0.4) is 0 Å². The predicted molar refractivity (Wildman–Crippen MR) is 108 cm³/mol. The van der Waals surface area contributed by atoms with Gasteiger partial charge in [-0.05, 0) is 70.9 Å². The Bertz CT molecular complexity index is 923. The van der Waals surface area contributed by atoms with Crippen LogP contribution >= 0.6 is 22.6 Å². The quantitative estimate of drug-likeness (QED) is 0.536. The summed E-state index contributed by atoms with van der Waals surface area (Å²) in [6.45, 7) is 4.17. The lowest BCUT2D eigenvalue weighted by molar-refractivity contribution is -0.110. The first-order chi connectivity index (χ1) is 11.6. The van der Waals surface area contributed by atoms with Crippen molar-refractivity contribution in [3.05, 3.63) is 94.6 Å². The van der Waals surface area contributed by atoms with E-state index >= 15 is 0 Å². The number of halogens is 1. The number of benzene rings is 2. The summed E-state index contributed by atoms with van der Waals surface area (Å²) in [5.74, 6) is 0.0856. The second-order valence-corrected chi connectivity index (χ2v) is 7.49. The molecule has 0 aromatic heterocycles. The average Bonchev–Trinajstić information content (AvgIpc) is 2.84. The molecule has 0 atom stereocenters. The van der Waals surface area contributed by atoms with Crippen LogP contribution < -0.4 is 0 Å². The minimum Gasteiger partial charge on any atom is -0.290 e. The van der Waals surface area contributed by atoms with Crippen LogP contribution in [0.25, 0.3) is 9.15 Å². The number of carbonyl (C=O) groups is 1. The molecule has 1 nitrogen and oxygen atoms in total. The van der Waals surface area contributed by atoms with Gasteiger partial charge in [-0.3, -0.25) is 4.79 Å². The predicted octanol–water partition coefficient (Wildman–Crippen LogP) is 5.72. The molecule has 2 heteroatoms. The minimum absolute atomic E-state index is 0.0856. The molecule has 118 valence electrons. The molecule has 1 spiro atoms. The summed E-state index contributed by atoms with van der Waals surface area (Å²) in [7, 11) is 0. The molecule has 0 amide bonds. The Hall–Kier alpha value is -1.94. The van der Waals surface area contributed by atoms with E-state index < -0.39 is 0 Å². The monoisotopic (exact) mass is 424 g/mol. The minimum atomic E-state index is -0.331. The number of allylic oxidation sites excluding steroid dienone is 5. The van der Waals surface area contributed by atoms with Crippen molar-refractivity contribution in [2.45, 2.75) is 19.3 Å². The van der Waals surface area contributed by atoms with Crippen LogP contribution in [0.1, 0.15) is 30.5 Å². The van der Waals surface area contributed by atoms with Gasteiger partial charge in [0.05, 0.1) is 5.41 Å². The number of rotatable bonds is 1. The van der Waals surface area contributed by atoms with Crippen LogP contribution in [-0.2, 0) is 10.2 Å². The van der Waals surface area contributed by atoms with Gasteiger partial charge < -0.3 is 0 Å². The number of hydrogen-bond donors (Lipinski definition) is 0. The van der Waals surface area contributed by atoms with Crippen LogP contribution in [0.4, 0.5) is 0 Å². The molecule has 0 N–H and O–H groups in total. The molecule has 0 fully saturated rings. The highest BCUT2D eigenvalue weighted by Crippen LogP contribution is 2.60. The van der Waals surface area contributed by atoms with Crippen molar-refractivity contribution in [2.75, 3.05) is 0 Å². The zero-order chi connectivity index (χ0) is 16.9. The van der Waals surface area contributed by atoms with E-state index in [4.69, 9.17) is 0 Å². The topological polar surface area (TPSA) is 17.1 Å². The first kappa shape index (κ1) is 15.6. The maximum Gasteiger partial charge on any atom is 0.178 e. The van der Waals surface area contributed by atoms with E-state index in [2.05, 4.69) is 85.0 Å². The molecule has 0 saturated heterocycles. The zero-order valence-corrected chi connectivity index (χ0v) is 15.8. The van der Waals surface area contributed by atoms with Gasteiger partial charge in [0.1, 0.15) is 0 Å². The maximum atomic E-state index is 12.1. The molecule has 0 aliphatic heterocycles. The van der Waals surface area contributed by atoms with E-state index in [1.807, 2.05) is 6.07 Å². The molecule has 4 rings (SSSR count). The average molecular weight is 424 g/mol. The molecule has 0 heterocycles. The highest BCUT2D eigenvalue weighted by atomic mass is 127. The van der Waals surface area contributed by atoms with Crippen molar-refractivity contribution in [3.8, 4) is 0 Å². The van der Waals surface area contributed by atoms with Gasteiger partial charge in [0.25, 0.3) is 0 Å². The fraction of sp³-hybridized carbons (Fsp3) is 0.136. The summed E-state index contributed by atoms with van der Waals surface area (Å²) in [6.07, 6.45) is 3.59. The Kier molecular flexibility index (Phi) is 3.61. The first-order valence-electron chi connectivity index (χ1n) is 8.04. The maximum absolute atomic E-state index is 12.1. The van der Waals surface area contributed by atoms with Gasteiger partial charge >= 0.3 is 0 Å². The molecule has 0 radical (unpaired) electrons. The van der Waals surface area contributed by atoms with Crippen molar-refractivity contribution in [2.24, 2.45) is 0 Å². The van der Waals surface area contributed by atoms with Gasteiger partial charge in [0, 0.05) is 3.58 Å². The summed E-state index contributed by atoms with van der Waals surface area (Å²) in [5, 5.41) is 0. The summed E-state index contributed by atoms with van der Waals surface area (Å²) in [6, 6.07) is 19.1. The van der Waals surface area contributed by atoms with Crippen molar-refractivity contribution < 1.29 is 4.79 Å². The SMILES string of the molecule is CC1=CC(=O)C=C(C)C12C(c1ccccc1)=C(I)c1ccccc12. The Morgan fingerprint density at radius 1 is 0.833 bits per heavy atom. The van der Waals surface area contributed by atoms with Crippen molar-refractivity contribution >= 4 is 37.5 Å². The standard InChI is InChI=1S/C22H17IO/c1-14-12-17(24)13-15(2)22(14)19-11-7-6-10-18(19)21(23)20(22)16-8-4-3-5-9-16/h3-13H,1-2H3. The lowest BCUT2D eigenvalue weighted by Gasteiger charge is -2.38. The Morgan fingerprint density at radius 3 is 2.08 bits per heavy atom. The van der Waals surface area contributed by atoms with Crippen LogP contribution in [0.2, 0.25) is 0 Å². The number of hydrogen-bond acceptors (Lipinski definition) is 1.